The van der Waals surface area contributed by atoms with Gasteiger partial charge in [0.15, 0.2) is 0 Å². The van der Waals surface area contributed by atoms with Gasteiger partial charge in [0.05, 0.1) is 18.2 Å². The van der Waals surface area contributed by atoms with E-state index in [1.54, 1.807) is 6.20 Å². The van der Waals surface area contributed by atoms with Gasteiger partial charge in [-0.15, -0.1) is 0 Å². The Hall–Kier alpha value is -1.67. The van der Waals surface area contributed by atoms with Crippen LogP contribution in [0.3, 0.4) is 0 Å². The first-order chi connectivity index (χ1) is 13.9. The standard InChI is InChI=1S/C21H31F3N4O/c22-21(23,24)9-4-11-27-13-7-19(8-14-27)28-12-3-5-17(16-28)20(29)26-15-18-6-1-2-10-25-18/h1-2,6,10,17,19H,3-5,7-9,11-16H2,(H,26,29). The smallest absolute Gasteiger partial charge is 0.350 e. The number of rotatable bonds is 7. The molecule has 0 aromatic carbocycles. The highest BCUT2D eigenvalue weighted by Gasteiger charge is 2.32. The number of nitrogens with zero attached hydrogens (tertiary/aromatic N) is 3. The fourth-order valence-electron chi connectivity index (χ4n) is 4.39. The quantitative estimate of drug-likeness (QED) is 0.747. The Morgan fingerprint density at radius 3 is 2.66 bits per heavy atom. The largest absolute Gasteiger partial charge is 0.389 e. The molecule has 0 radical (unpaired) electrons. The van der Waals surface area contributed by atoms with Gasteiger partial charge in [-0.1, -0.05) is 6.07 Å². The highest BCUT2D eigenvalue weighted by molar-refractivity contribution is 5.78. The van der Waals surface area contributed by atoms with Gasteiger partial charge in [0, 0.05) is 25.2 Å². The highest BCUT2D eigenvalue weighted by Crippen LogP contribution is 2.25. The van der Waals surface area contributed by atoms with Crippen molar-refractivity contribution in [2.45, 2.75) is 57.3 Å². The SMILES string of the molecule is O=C(NCc1ccccn1)C1CCCN(C2CCN(CCCC(F)(F)F)CC2)C1. The minimum atomic E-state index is -4.06. The lowest BCUT2D eigenvalue weighted by Gasteiger charge is -2.42. The molecular weight excluding hydrogens is 381 g/mol. The normalized spacial score (nSPS) is 22.5. The fraction of sp³-hybridized carbons (Fsp3) is 0.714. The van der Waals surface area contributed by atoms with Crippen molar-refractivity contribution in [3.63, 3.8) is 0 Å². The molecule has 2 fully saturated rings. The van der Waals surface area contributed by atoms with Crippen LogP contribution in [-0.4, -0.2) is 65.6 Å². The lowest BCUT2D eigenvalue weighted by molar-refractivity contribution is -0.136. The Kier molecular flexibility index (Phi) is 7.89. The molecule has 1 aromatic heterocycles. The Morgan fingerprint density at radius 2 is 1.97 bits per heavy atom. The van der Waals surface area contributed by atoms with E-state index in [1.165, 1.54) is 0 Å². The van der Waals surface area contributed by atoms with Crippen molar-refractivity contribution in [1.29, 1.82) is 0 Å². The molecule has 8 heteroatoms. The molecule has 162 valence electrons. The second-order valence-corrected chi connectivity index (χ2v) is 8.16. The zero-order chi connectivity index (χ0) is 20.7. The number of likely N-dealkylation sites (tertiary alicyclic amines) is 2. The van der Waals surface area contributed by atoms with Crippen LogP contribution >= 0.6 is 0 Å². The van der Waals surface area contributed by atoms with Crippen LogP contribution in [-0.2, 0) is 11.3 Å². The van der Waals surface area contributed by atoms with E-state index in [0.717, 1.165) is 57.6 Å². The van der Waals surface area contributed by atoms with Crippen LogP contribution in [0.1, 0.15) is 44.2 Å². The monoisotopic (exact) mass is 412 g/mol. The van der Waals surface area contributed by atoms with Gasteiger partial charge in [0.1, 0.15) is 0 Å². The third kappa shape index (κ3) is 7.26. The summed E-state index contributed by atoms with van der Waals surface area (Å²) in [5, 5.41) is 3.01. The molecule has 0 bridgehead atoms. The summed E-state index contributed by atoms with van der Waals surface area (Å²) in [6, 6.07) is 6.09. The van der Waals surface area contributed by atoms with Gasteiger partial charge < -0.3 is 10.2 Å². The summed E-state index contributed by atoms with van der Waals surface area (Å²) in [7, 11) is 0. The summed E-state index contributed by atoms with van der Waals surface area (Å²) in [6.07, 6.45) is 0.985. The number of amides is 1. The molecule has 0 saturated carbocycles. The molecule has 0 aliphatic carbocycles. The van der Waals surface area contributed by atoms with Crippen LogP contribution < -0.4 is 5.32 Å². The van der Waals surface area contributed by atoms with Gasteiger partial charge in [-0.05, 0) is 70.4 Å². The van der Waals surface area contributed by atoms with Gasteiger partial charge in [0.2, 0.25) is 5.91 Å². The Labute approximate surface area is 170 Å². The number of hydrogen-bond acceptors (Lipinski definition) is 4. The third-order valence-corrected chi connectivity index (χ3v) is 6.00. The predicted octanol–water partition coefficient (Wildman–Crippen LogP) is 3.22. The molecule has 2 aliphatic heterocycles. The van der Waals surface area contributed by atoms with E-state index < -0.39 is 12.6 Å². The fourth-order valence-corrected chi connectivity index (χ4v) is 4.39. The van der Waals surface area contributed by atoms with Crippen molar-refractivity contribution >= 4 is 5.91 Å². The molecule has 5 nitrogen and oxygen atoms in total. The summed E-state index contributed by atoms with van der Waals surface area (Å²) in [6.45, 7) is 4.43. The van der Waals surface area contributed by atoms with Crippen molar-refractivity contribution in [2.24, 2.45) is 5.92 Å². The summed E-state index contributed by atoms with van der Waals surface area (Å²) in [4.78, 5) is 21.4. The molecule has 1 unspecified atom stereocenters. The first-order valence-electron chi connectivity index (χ1n) is 10.6. The highest BCUT2D eigenvalue weighted by atomic mass is 19.4. The average Bonchev–Trinajstić information content (AvgIpc) is 2.72. The van der Waals surface area contributed by atoms with Crippen LogP contribution in [0.25, 0.3) is 0 Å². The molecule has 3 rings (SSSR count). The topological polar surface area (TPSA) is 48.5 Å². The van der Waals surface area contributed by atoms with E-state index in [-0.39, 0.29) is 18.2 Å². The van der Waals surface area contributed by atoms with E-state index in [1.807, 2.05) is 18.2 Å². The predicted molar refractivity (Wildman–Crippen MR) is 105 cm³/mol. The minimum Gasteiger partial charge on any atom is -0.350 e. The Balaban J connectivity index is 1.39. The van der Waals surface area contributed by atoms with Crippen molar-refractivity contribution in [1.82, 2.24) is 20.1 Å². The summed E-state index contributed by atoms with van der Waals surface area (Å²) >= 11 is 0. The van der Waals surface area contributed by atoms with Crippen LogP contribution in [0.5, 0.6) is 0 Å². The molecule has 3 heterocycles. The molecular formula is C21H31F3N4O. The van der Waals surface area contributed by atoms with Gasteiger partial charge in [-0.3, -0.25) is 14.7 Å². The summed E-state index contributed by atoms with van der Waals surface area (Å²) in [5.74, 6) is 0.0854. The van der Waals surface area contributed by atoms with E-state index in [9.17, 15) is 18.0 Å². The second-order valence-electron chi connectivity index (χ2n) is 8.16. The van der Waals surface area contributed by atoms with Gasteiger partial charge in [-0.25, -0.2) is 0 Å². The number of carbonyl (C=O) groups excluding carboxylic acids is 1. The van der Waals surface area contributed by atoms with E-state index >= 15 is 0 Å². The summed E-state index contributed by atoms with van der Waals surface area (Å²) < 4.78 is 36.9. The maximum atomic E-state index is 12.6. The Bertz CT molecular complexity index is 633. The lowest BCUT2D eigenvalue weighted by Crippen LogP contribution is -2.50. The number of aromatic nitrogens is 1. The molecule has 1 atom stereocenters. The van der Waals surface area contributed by atoms with Crippen LogP contribution in [0, 0.1) is 5.92 Å². The molecule has 1 aromatic rings. The summed E-state index contributed by atoms with van der Waals surface area (Å²) in [5.41, 5.74) is 0.853. The van der Waals surface area contributed by atoms with Crippen molar-refractivity contribution in [3.05, 3.63) is 30.1 Å². The average molecular weight is 413 g/mol. The Morgan fingerprint density at radius 1 is 1.17 bits per heavy atom. The van der Waals surface area contributed by atoms with Crippen molar-refractivity contribution in [3.8, 4) is 0 Å². The number of hydrogen-bond donors (Lipinski definition) is 1. The molecule has 2 saturated heterocycles. The second kappa shape index (κ2) is 10.4. The maximum Gasteiger partial charge on any atom is 0.389 e. The molecule has 0 spiro atoms. The number of halogens is 3. The number of nitrogens with one attached hydrogen (secondary N) is 1. The minimum absolute atomic E-state index is 0.00252. The van der Waals surface area contributed by atoms with Gasteiger partial charge in [-0.2, -0.15) is 13.2 Å². The molecule has 1 N–H and O–H groups in total. The van der Waals surface area contributed by atoms with E-state index in [4.69, 9.17) is 0 Å². The van der Waals surface area contributed by atoms with Gasteiger partial charge >= 0.3 is 6.18 Å². The third-order valence-electron chi connectivity index (χ3n) is 6.00. The molecule has 2 aliphatic rings. The molecule has 29 heavy (non-hydrogen) atoms. The van der Waals surface area contributed by atoms with E-state index in [2.05, 4.69) is 20.1 Å². The zero-order valence-corrected chi connectivity index (χ0v) is 16.8. The van der Waals surface area contributed by atoms with E-state index in [0.29, 0.717) is 19.1 Å². The van der Waals surface area contributed by atoms with Gasteiger partial charge in [0.25, 0.3) is 0 Å². The number of pyridine rings is 1. The maximum absolute atomic E-state index is 12.6. The molecule has 1 amide bonds. The zero-order valence-electron chi connectivity index (χ0n) is 16.8. The van der Waals surface area contributed by atoms with Crippen molar-refractivity contribution in [2.75, 3.05) is 32.7 Å². The van der Waals surface area contributed by atoms with Crippen LogP contribution in [0.2, 0.25) is 0 Å². The number of carbonyl (C=O) groups is 1. The van der Waals surface area contributed by atoms with Crippen LogP contribution in [0.4, 0.5) is 13.2 Å². The lowest BCUT2D eigenvalue weighted by atomic mass is 9.93. The number of piperidine rings is 2. The van der Waals surface area contributed by atoms with Crippen molar-refractivity contribution < 1.29 is 18.0 Å². The van der Waals surface area contributed by atoms with Crippen LogP contribution in [0.15, 0.2) is 24.4 Å². The first kappa shape index (κ1) is 22.0. The number of alkyl halides is 3. The first-order valence-corrected chi connectivity index (χ1v) is 10.6.